The number of nitrogens with zero attached hydrogens (tertiary/aromatic N) is 1. The molecule has 9 nitrogen and oxygen atoms in total. The van der Waals surface area contributed by atoms with Crippen molar-refractivity contribution in [1.29, 1.82) is 0 Å². The molecule has 254 valence electrons. The molecule has 0 saturated carbocycles. The van der Waals surface area contributed by atoms with E-state index in [0.717, 1.165) is 32.8 Å². The summed E-state index contributed by atoms with van der Waals surface area (Å²) in [7, 11) is 5.07. The zero-order chi connectivity index (χ0) is 32.7. The number of carbonyl (C=O) groups is 2. The predicted octanol–water partition coefficient (Wildman–Crippen LogP) is 4.87. The van der Waals surface area contributed by atoms with E-state index >= 15 is 0 Å². The second-order valence-electron chi connectivity index (χ2n) is 13.1. The van der Waals surface area contributed by atoms with Crippen molar-refractivity contribution in [3.8, 4) is 0 Å². The van der Waals surface area contributed by atoms with Gasteiger partial charge in [-0.2, -0.15) is 0 Å². The lowest BCUT2D eigenvalue weighted by atomic mass is 9.73. The van der Waals surface area contributed by atoms with Crippen molar-refractivity contribution in [3.05, 3.63) is 0 Å². The molecule has 0 radical (unpaired) electrons. The summed E-state index contributed by atoms with van der Waals surface area (Å²) in [5.74, 6) is -0.296. The van der Waals surface area contributed by atoms with Crippen LogP contribution in [0.2, 0.25) is 0 Å². The van der Waals surface area contributed by atoms with E-state index in [1.807, 2.05) is 62.6 Å². The van der Waals surface area contributed by atoms with Gasteiger partial charge in [-0.05, 0) is 71.9 Å². The van der Waals surface area contributed by atoms with Gasteiger partial charge >= 0.3 is 5.97 Å². The van der Waals surface area contributed by atoms with Crippen LogP contribution in [0.15, 0.2) is 0 Å². The number of Topliss-reactive ketones (excluding diaryl/α,β-unsaturated/α-hetero) is 1. The second-order valence-corrected chi connectivity index (χ2v) is 13.1. The molecule has 5 N–H and O–H groups in total. The summed E-state index contributed by atoms with van der Waals surface area (Å²) in [5.41, 5.74) is -0.286. The molecule has 0 aromatic rings. The van der Waals surface area contributed by atoms with E-state index < -0.39 is 18.3 Å². The van der Waals surface area contributed by atoms with Crippen LogP contribution in [0.25, 0.3) is 0 Å². The fourth-order valence-corrected chi connectivity index (χ4v) is 6.29. The molecule has 0 aromatic heterocycles. The lowest BCUT2D eigenvalue weighted by Crippen LogP contribution is -2.41. The van der Waals surface area contributed by atoms with E-state index in [2.05, 4.69) is 25.7 Å². The molecule has 0 aromatic carbocycles. The van der Waals surface area contributed by atoms with Crippen LogP contribution in [0.4, 0.5) is 0 Å². The first kappa shape index (κ1) is 45.3. The van der Waals surface area contributed by atoms with Crippen molar-refractivity contribution in [2.75, 3.05) is 21.2 Å². The van der Waals surface area contributed by atoms with E-state index in [1.54, 1.807) is 6.92 Å². The maximum Gasteiger partial charge on any atom is 0.311 e. The zero-order valence-electron chi connectivity index (χ0n) is 29.4. The molecule has 2 heterocycles. The van der Waals surface area contributed by atoms with Gasteiger partial charge in [-0.3, -0.25) is 9.59 Å². The highest BCUT2D eigenvalue weighted by molar-refractivity contribution is 5.82. The fourth-order valence-electron chi connectivity index (χ4n) is 6.29. The topological polar surface area (TPSA) is 148 Å². The Hall–Kier alpha value is -1.10. The Kier molecular flexibility index (Phi) is 24.2. The molecule has 10 atom stereocenters. The highest BCUT2D eigenvalue weighted by Crippen LogP contribution is 2.36. The number of cyclic esters (lactones) is 1. The zero-order valence-corrected chi connectivity index (χ0v) is 29.4. The number of ketones is 1. The van der Waals surface area contributed by atoms with Crippen molar-refractivity contribution in [2.45, 2.75) is 145 Å². The van der Waals surface area contributed by atoms with Crippen LogP contribution in [0, 0.1) is 35.0 Å². The summed E-state index contributed by atoms with van der Waals surface area (Å²) in [5, 5.41) is 26.9. The fraction of sp³-hybridized carbons (Fsp3) is 0.939. The highest BCUT2D eigenvalue weighted by atomic mass is 16.6. The van der Waals surface area contributed by atoms with Gasteiger partial charge in [-0.1, -0.05) is 62.3 Å². The summed E-state index contributed by atoms with van der Waals surface area (Å²) in [4.78, 5) is 27.6. The normalized spacial score (nSPS) is 35.8. The molecule has 0 amide bonds. The molecule has 42 heavy (non-hydrogen) atoms. The number of rotatable bonds is 2. The van der Waals surface area contributed by atoms with Crippen LogP contribution in [0.1, 0.15) is 115 Å². The number of aliphatic hydroxyl groups is 3. The van der Waals surface area contributed by atoms with Gasteiger partial charge in [0.1, 0.15) is 11.9 Å². The van der Waals surface area contributed by atoms with Crippen LogP contribution in [0.3, 0.4) is 0 Å². The maximum absolute atomic E-state index is 12.8. The average molecular weight is 608 g/mol. The van der Waals surface area contributed by atoms with Gasteiger partial charge in [0.15, 0.2) is 6.29 Å². The van der Waals surface area contributed by atoms with Crippen molar-refractivity contribution < 1.29 is 39.9 Å². The molecular weight excluding hydrogens is 538 g/mol. The van der Waals surface area contributed by atoms with E-state index in [4.69, 9.17) is 14.6 Å². The van der Waals surface area contributed by atoms with Gasteiger partial charge < -0.3 is 35.2 Å². The van der Waals surface area contributed by atoms with E-state index in [-0.39, 0.29) is 46.8 Å². The molecule has 2 aliphatic heterocycles. The van der Waals surface area contributed by atoms with Crippen LogP contribution >= 0.6 is 0 Å². The largest absolute Gasteiger partial charge is 0.462 e. The van der Waals surface area contributed by atoms with E-state index in [9.17, 15) is 19.8 Å². The molecule has 0 aliphatic carbocycles. The third kappa shape index (κ3) is 15.6. The lowest BCUT2D eigenvalue weighted by Gasteiger charge is -2.37. The number of aliphatic hydroxyl groups excluding tert-OH is 3. The Morgan fingerprint density at radius 2 is 1.40 bits per heavy atom. The van der Waals surface area contributed by atoms with Gasteiger partial charge in [0.2, 0.25) is 0 Å². The third-order valence-electron chi connectivity index (χ3n) is 8.50. The molecule has 9 heteroatoms. The van der Waals surface area contributed by atoms with Gasteiger partial charge in [0.25, 0.3) is 0 Å². The van der Waals surface area contributed by atoms with Crippen LogP contribution in [-0.2, 0) is 19.1 Å². The predicted molar refractivity (Wildman–Crippen MR) is 171 cm³/mol. The SMILES string of the molecule is CC.CC1CC(N(C)C)CC(O)O1.CCC1OC(=O)C(C)C(O)C(C)CC(C)C[C@@H](C)C(=O)[C@H](C)CC1(C)C.CO.O. The first-order chi connectivity index (χ1) is 19.0. The Bertz CT molecular complexity index is 706. The number of esters is 1. The molecule has 2 saturated heterocycles. The van der Waals surface area contributed by atoms with Crippen molar-refractivity contribution >= 4 is 11.8 Å². The van der Waals surface area contributed by atoms with E-state index in [1.165, 1.54) is 0 Å². The molecule has 8 unspecified atom stereocenters. The van der Waals surface area contributed by atoms with E-state index in [0.29, 0.717) is 30.6 Å². The minimum Gasteiger partial charge on any atom is -0.462 e. The summed E-state index contributed by atoms with van der Waals surface area (Å²) >= 11 is 0. The van der Waals surface area contributed by atoms with Crippen LogP contribution < -0.4 is 0 Å². The summed E-state index contributed by atoms with van der Waals surface area (Å²) in [6.07, 6.45) is 3.42. The Balaban J connectivity index is -0.000000792. The van der Waals surface area contributed by atoms with Crippen molar-refractivity contribution in [3.63, 3.8) is 0 Å². The smallest absolute Gasteiger partial charge is 0.311 e. The molecule has 2 aliphatic rings. The number of hydrogen-bond donors (Lipinski definition) is 3. The first-order valence-electron chi connectivity index (χ1n) is 15.9. The summed E-state index contributed by atoms with van der Waals surface area (Å²) in [6.45, 7) is 22.0. The van der Waals surface area contributed by atoms with Gasteiger partial charge in [0.05, 0.1) is 18.1 Å². The quantitative estimate of drug-likeness (QED) is 0.377. The van der Waals surface area contributed by atoms with Crippen LogP contribution in [-0.4, -0.2) is 89.3 Å². The molecule has 2 rings (SSSR count). The Morgan fingerprint density at radius 3 is 1.86 bits per heavy atom. The number of ether oxygens (including phenoxy) is 2. The third-order valence-corrected chi connectivity index (χ3v) is 8.50. The Morgan fingerprint density at radius 1 is 0.881 bits per heavy atom. The number of carbonyl (C=O) groups excluding carboxylic acids is 2. The highest BCUT2D eigenvalue weighted by Gasteiger charge is 2.38. The van der Waals surface area contributed by atoms with Gasteiger partial charge in [0, 0.05) is 36.8 Å². The minimum absolute atomic E-state index is 0. The minimum atomic E-state index is -0.724. The summed E-state index contributed by atoms with van der Waals surface area (Å²) in [6, 6.07) is 0.466. The maximum atomic E-state index is 12.8. The number of hydrogen-bond acceptors (Lipinski definition) is 8. The van der Waals surface area contributed by atoms with Crippen molar-refractivity contribution in [1.82, 2.24) is 4.90 Å². The summed E-state index contributed by atoms with van der Waals surface area (Å²) < 4.78 is 11.0. The standard InChI is InChI=1S/C22H40O4.C8H17NO2.C2H6.CH4O.H2O/c1-9-18-22(7,8)12-16(5)19(23)14(3)10-13(2)11-15(4)20(24)17(6)21(25)26-18;1-6-4-7(9(2)3)5-8(10)11-6;2*1-2;/h13-18,20,24H,9-12H2,1-8H3;6-8,10H,4-5H2,1-3H3;1-2H3;2H,1H3;1H2/t13?,14-,15?,16-,17?,18?,20?;;;;/m1..../s1. The van der Waals surface area contributed by atoms with Crippen molar-refractivity contribution in [2.24, 2.45) is 35.0 Å². The van der Waals surface area contributed by atoms with Gasteiger partial charge in [-0.25, -0.2) is 0 Å². The second kappa shape index (κ2) is 22.4. The Labute approximate surface area is 258 Å². The molecule has 0 spiro atoms. The molecule has 2 fully saturated rings. The molecule has 0 bridgehead atoms. The monoisotopic (exact) mass is 608 g/mol. The van der Waals surface area contributed by atoms with Crippen LogP contribution in [0.5, 0.6) is 0 Å². The lowest BCUT2D eigenvalue weighted by molar-refractivity contribution is -0.172. The molecular formula is C33H69NO8. The first-order valence-corrected chi connectivity index (χ1v) is 15.9. The average Bonchev–Trinajstić information content (AvgIpc) is 2.91. The van der Waals surface area contributed by atoms with Gasteiger partial charge in [-0.15, -0.1) is 0 Å².